The van der Waals surface area contributed by atoms with Gasteiger partial charge in [0.1, 0.15) is 5.01 Å². The average Bonchev–Trinajstić information content (AvgIpc) is 3.31. The van der Waals surface area contributed by atoms with Crippen LogP contribution >= 0.6 is 11.3 Å². The van der Waals surface area contributed by atoms with Crippen molar-refractivity contribution in [3.05, 3.63) is 46.3 Å². The molecule has 11 nitrogen and oxygen atoms in total. The third-order valence-corrected chi connectivity index (χ3v) is 7.79. The second-order valence-electron chi connectivity index (χ2n) is 9.75. The predicted octanol–water partition coefficient (Wildman–Crippen LogP) is 4.54. The molecule has 1 heterocycles. The number of anilines is 2. The maximum atomic E-state index is 12.8. The summed E-state index contributed by atoms with van der Waals surface area (Å²) in [6.07, 6.45) is 5.61. The van der Waals surface area contributed by atoms with Crippen molar-refractivity contribution in [3.63, 3.8) is 0 Å². The molecule has 216 valence electrons. The predicted molar refractivity (Wildman–Crippen MR) is 156 cm³/mol. The minimum atomic E-state index is -0.646. The fourth-order valence-corrected chi connectivity index (χ4v) is 5.88. The number of ether oxygens (including phenoxy) is 2. The molecule has 0 unspecified atom stereocenters. The molecule has 0 spiro atoms. The number of methoxy groups -OCH3 is 2. The Morgan fingerprint density at radius 3 is 2.20 bits per heavy atom. The fraction of sp³-hybridized carbons (Fsp3) is 0.379. The van der Waals surface area contributed by atoms with Gasteiger partial charge in [0.05, 0.1) is 42.8 Å². The second kappa shape index (κ2) is 12.9. The number of esters is 2. The molecule has 2 amide bonds. The smallest absolute Gasteiger partial charge is 0.339 e. The highest BCUT2D eigenvalue weighted by Crippen LogP contribution is 2.42. The average molecular weight is 580 g/mol. The number of aromatic nitrogens is 2. The molecule has 0 bridgehead atoms. The molecule has 3 aromatic rings. The quantitative estimate of drug-likeness (QED) is 0.392. The summed E-state index contributed by atoms with van der Waals surface area (Å²) in [6, 6.07) is 8.33. The Morgan fingerprint density at radius 1 is 0.927 bits per heavy atom. The maximum Gasteiger partial charge on any atom is 0.339 e. The first kappa shape index (κ1) is 29.7. The number of nitrogens with one attached hydrogen (secondary N) is 2. The van der Waals surface area contributed by atoms with Crippen LogP contribution in [0.15, 0.2) is 35.3 Å². The lowest BCUT2D eigenvalue weighted by atomic mass is 9.93. The summed E-state index contributed by atoms with van der Waals surface area (Å²) < 4.78 is 11.6. The van der Waals surface area contributed by atoms with Crippen molar-refractivity contribution in [2.24, 2.45) is 12.0 Å². The van der Waals surface area contributed by atoms with E-state index in [2.05, 4.69) is 10.6 Å². The van der Waals surface area contributed by atoms with E-state index in [1.54, 1.807) is 28.9 Å². The normalized spacial score (nSPS) is 13.9. The maximum absolute atomic E-state index is 12.8. The number of carbonyl (C=O) groups excluding carboxylic acids is 4. The molecule has 0 aliphatic heterocycles. The Bertz CT molecular complexity index is 1570. The van der Waals surface area contributed by atoms with Crippen LogP contribution in [0.25, 0.3) is 21.7 Å². The van der Waals surface area contributed by atoms with Crippen LogP contribution in [0, 0.1) is 0 Å². The van der Waals surface area contributed by atoms with Gasteiger partial charge in [-0.05, 0) is 36.6 Å². The zero-order valence-corrected chi connectivity index (χ0v) is 24.5. The molecule has 2 N–H and O–H groups in total. The zero-order valence-electron chi connectivity index (χ0n) is 23.7. The van der Waals surface area contributed by atoms with Crippen LogP contribution in [0.4, 0.5) is 11.4 Å². The molecule has 1 aromatic heterocycles. The molecule has 1 saturated carbocycles. The molecule has 0 saturated heterocycles. The van der Waals surface area contributed by atoms with Gasteiger partial charge in [-0.2, -0.15) is 5.10 Å². The van der Waals surface area contributed by atoms with Gasteiger partial charge in [-0.25, -0.2) is 14.3 Å². The molecular weight excluding hydrogens is 546 g/mol. The fourth-order valence-electron chi connectivity index (χ4n) is 4.88. The Balaban J connectivity index is 2.00. The minimum Gasteiger partial charge on any atom is -0.465 e. The van der Waals surface area contributed by atoms with Crippen LogP contribution < -0.4 is 15.4 Å². The van der Waals surface area contributed by atoms with Crippen molar-refractivity contribution in [1.29, 1.82) is 0 Å². The van der Waals surface area contributed by atoms with E-state index in [1.807, 2.05) is 7.05 Å². The molecule has 0 radical (unpaired) electrons. The van der Waals surface area contributed by atoms with Crippen LogP contribution in [0.3, 0.4) is 0 Å². The standard InChI is InChI=1S/C29H33N5O6S/c1-16(35)30-23-15-18(11-12-20(23)27(37)39-4)24-21(13-14-22(28(38)40-5)25(24)31-17(2)36)26-33-34(3)29(41-26)32-19-9-7-6-8-10-19/h11-15,19H,6-10H2,1-5H3,(H,30,35)(H,31,36). The lowest BCUT2D eigenvalue weighted by molar-refractivity contribution is -0.115. The largest absolute Gasteiger partial charge is 0.465 e. The van der Waals surface area contributed by atoms with E-state index in [0.717, 1.165) is 30.5 Å². The van der Waals surface area contributed by atoms with Gasteiger partial charge in [0.2, 0.25) is 16.6 Å². The third-order valence-electron chi connectivity index (χ3n) is 6.74. The molecule has 2 aromatic carbocycles. The summed E-state index contributed by atoms with van der Waals surface area (Å²) in [6.45, 7) is 2.66. The van der Waals surface area contributed by atoms with Crippen molar-refractivity contribution in [1.82, 2.24) is 9.78 Å². The zero-order chi connectivity index (χ0) is 29.7. The number of rotatable bonds is 7. The third kappa shape index (κ3) is 6.71. The molecule has 1 aliphatic rings. The Morgan fingerprint density at radius 2 is 1.56 bits per heavy atom. The lowest BCUT2D eigenvalue weighted by Gasteiger charge is -2.19. The number of nitrogens with zero attached hydrogens (tertiary/aromatic N) is 3. The minimum absolute atomic E-state index is 0.132. The molecule has 1 fully saturated rings. The SMILES string of the molecule is COC(=O)c1ccc(-c2c(-c3nn(C)c(=NC4CCCCC4)s3)ccc(C(=O)OC)c2NC(C)=O)cc1NC(C)=O. The lowest BCUT2D eigenvalue weighted by Crippen LogP contribution is -2.18. The van der Waals surface area contributed by atoms with E-state index < -0.39 is 17.8 Å². The van der Waals surface area contributed by atoms with Crippen LogP contribution in [-0.2, 0) is 26.1 Å². The first-order valence-electron chi connectivity index (χ1n) is 13.2. The van der Waals surface area contributed by atoms with Gasteiger partial charge in [-0.1, -0.05) is 42.7 Å². The van der Waals surface area contributed by atoms with E-state index >= 15 is 0 Å². The van der Waals surface area contributed by atoms with E-state index in [0.29, 0.717) is 21.7 Å². The number of hydrogen-bond donors (Lipinski definition) is 2. The molecule has 12 heteroatoms. The number of aryl methyl sites for hydroxylation is 1. The Hall–Kier alpha value is -4.32. The van der Waals surface area contributed by atoms with Gasteiger partial charge in [-0.3, -0.25) is 14.6 Å². The van der Waals surface area contributed by atoms with Crippen molar-refractivity contribution in [3.8, 4) is 21.7 Å². The van der Waals surface area contributed by atoms with E-state index in [-0.39, 0.29) is 34.5 Å². The van der Waals surface area contributed by atoms with Gasteiger partial charge >= 0.3 is 11.9 Å². The number of carbonyl (C=O) groups is 4. The number of hydrogen-bond acceptors (Lipinski definition) is 9. The number of amides is 2. The summed E-state index contributed by atoms with van der Waals surface area (Å²) in [5.74, 6) is -2.07. The van der Waals surface area contributed by atoms with Gasteiger partial charge in [-0.15, -0.1) is 0 Å². The molecule has 4 rings (SSSR count). The van der Waals surface area contributed by atoms with Gasteiger partial charge < -0.3 is 20.1 Å². The summed E-state index contributed by atoms with van der Waals surface area (Å²) in [5, 5.41) is 10.8. The van der Waals surface area contributed by atoms with Crippen LogP contribution in [-0.4, -0.2) is 53.8 Å². The highest BCUT2D eigenvalue weighted by atomic mass is 32.1. The van der Waals surface area contributed by atoms with Gasteiger partial charge in [0.15, 0.2) is 0 Å². The molecule has 41 heavy (non-hydrogen) atoms. The summed E-state index contributed by atoms with van der Waals surface area (Å²) in [5.41, 5.74) is 2.29. The van der Waals surface area contributed by atoms with Gasteiger partial charge in [0.25, 0.3) is 0 Å². The molecular formula is C29H33N5O6S. The van der Waals surface area contributed by atoms with Crippen molar-refractivity contribution >= 4 is 46.5 Å². The van der Waals surface area contributed by atoms with Crippen molar-refractivity contribution in [2.75, 3.05) is 24.9 Å². The van der Waals surface area contributed by atoms with Crippen LogP contribution in [0.5, 0.6) is 0 Å². The molecule has 1 aliphatic carbocycles. The van der Waals surface area contributed by atoms with E-state index in [9.17, 15) is 19.2 Å². The first-order chi connectivity index (χ1) is 19.6. The second-order valence-corrected chi connectivity index (χ2v) is 10.7. The monoisotopic (exact) mass is 579 g/mol. The van der Waals surface area contributed by atoms with Gasteiger partial charge in [0, 0.05) is 32.0 Å². The summed E-state index contributed by atoms with van der Waals surface area (Å²) in [4.78, 5) is 55.3. The summed E-state index contributed by atoms with van der Waals surface area (Å²) in [7, 11) is 4.34. The summed E-state index contributed by atoms with van der Waals surface area (Å²) >= 11 is 1.40. The van der Waals surface area contributed by atoms with Crippen LogP contribution in [0.2, 0.25) is 0 Å². The van der Waals surface area contributed by atoms with E-state index in [1.165, 1.54) is 51.9 Å². The molecule has 0 atom stereocenters. The highest BCUT2D eigenvalue weighted by Gasteiger charge is 2.25. The Labute approximate surface area is 241 Å². The van der Waals surface area contributed by atoms with Crippen LogP contribution in [0.1, 0.15) is 66.7 Å². The topological polar surface area (TPSA) is 141 Å². The number of benzene rings is 2. The first-order valence-corrected chi connectivity index (χ1v) is 14.1. The van der Waals surface area contributed by atoms with Crippen molar-refractivity contribution in [2.45, 2.75) is 52.0 Å². The highest BCUT2D eigenvalue weighted by molar-refractivity contribution is 7.12. The van der Waals surface area contributed by atoms with E-state index in [4.69, 9.17) is 19.6 Å². The Kier molecular flexibility index (Phi) is 9.33. The van der Waals surface area contributed by atoms with Crippen molar-refractivity contribution < 1.29 is 28.7 Å².